The standard InChI is InChI=1S/C8H14F3N2.C3H3F3O2.F5P.FH/c1-12(2)5-7(6-13(3)4)8(9,10)11;4-3(5,6)1-2(7)8;1-6(2,3,4)5;/h5-6H,1-4H3;1H2,(H,7,8);;1H/q+1;;;/p-1. The molecule has 0 spiro atoms. The molecule has 0 unspecified atom stereocenters. The van der Waals surface area contributed by atoms with Crippen molar-refractivity contribution >= 4 is 20.3 Å². The van der Waals surface area contributed by atoms with Crippen molar-refractivity contribution in [1.29, 1.82) is 0 Å². The van der Waals surface area contributed by atoms with Gasteiger partial charge in [-0.05, 0) is 0 Å². The van der Waals surface area contributed by atoms with Crippen LogP contribution in [0.3, 0.4) is 0 Å². The first-order valence-electron chi connectivity index (χ1n) is 6.25. The van der Waals surface area contributed by atoms with Gasteiger partial charge in [-0.2, -0.15) is 26.3 Å². The Labute approximate surface area is 151 Å². The molecule has 1 N–H and O–H groups in total. The van der Waals surface area contributed by atoms with Crippen LogP contribution >= 0.6 is 8.16 Å². The first-order valence-corrected chi connectivity index (χ1v) is 7.94. The summed E-state index contributed by atoms with van der Waals surface area (Å²) < 4.78 is 120. The summed E-state index contributed by atoms with van der Waals surface area (Å²) in [7, 11) is -2.35. The second-order valence-corrected chi connectivity index (χ2v) is 6.24. The Morgan fingerprint density at radius 3 is 1.43 bits per heavy atom. The fourth-order valence-corrected chi connectivity index (χ4v) is 0.908. The first-order chi connectivity index (χ1) is 11.4. The predicted octanol–water partition coefficient (Wildman–Crippen LogP) is 2.33. The average Bonchev–Trinajstić information content (AvgIpc) is 2.18. The van der Waals surface area contributed by atoms with Gasteiger partial charge in [0.1, 0.15) is 26.1 Å². The van der Waals surface area contributed by atoms with Gasteiger partial charge in [-0.1, -0.05) is 0 Å². The van der Waals surface area contributed by atoms with Gasteiger partial charge in [-0.3, -0.25) is 4.79 Å². The van der Waals surface area contributed by atoms with E-state index in [-0.39, 0.29) is 4.70 Å². The maximum Gasteiger partial charge on any atom is 0.399 e. The Kier molecular flexibility index (Phi) is 14.5. The van der Waals surface area contributed by atoms with E-state index in [2.05, 4.69) is 0 Å². The number of nitrogens with zero attached hydrogens (tertiary/aromatic N) is 2. The van der Waals surface area contributed by atoms with E-state index in [0.717, 1.165) is 12.4 Å². The van der Waals surface area contributed by atoms with Gasteiger partial charge in [0.2, 0.25) is 0 Å². The number of carboxylic acid groups (broad SMARTS) is 1. The van der Waals surface area contributed by atoms with Crippen LogP contribution in [0, 0.1) is 0 Å². The number of carbonyl (C=O) groups is 1. The Morgan fingerprint density at radius 2 is 1.32 bits per heavy atom. The minimum absolute atomic E-state index is 0. The summed E-state index contributed by atoms with van der Waals surface area (Å²) in [6.07, 6.45) is -8.55. The van der Waals surface area contributed by atoms with Crippen LogP contribution in [-0.2, 0) is 4.79 Å². The van der Waals surface area contributed by atoms with Gasteiger partial charge in [0.25, 0.3) is 0 Å². The van der Waals surface area contributed by atoms with E-state index < -0.39 is 38.5 Å². The molecule has 0 saturated carbocycles. The summed E-state index contributed by atoms with van der Waals surface area (Å²) >= 11 is 0. The number of allylic oxidation sites excluding steroid dienone is 1. The number of alkyl halides is 6. The Morgan fingerprint density at radius 1 is 1.00 bits per heavy atom. The summed E-state index contributed by atoms with van der Waals surface area (Å²) in [4.78, 5) is 10.7. The van der Waals surface area contributed by atoms with Crippen LogP contribution in [0.25, 0.3) is 0 Å². The minimum Gasteiger partial charge on any atom is -1.00 e. The SMILES string of the molecule is CN(C)/C=C(/C=[N+](C)C)C(F)(F)F.FP(F)(F)(F)F.O=C(O)CC(F)(F)F.[F-]. The monoisotopic (exact) mass is 468 g/mol. The van der Waals surface area contributed by atoms with Crippen molar-refractivity contribution < 1.29 is 66.5 Å². The van der Waals surface area contributed by atoms with Crippen LogP contribution in [0.1, 0.15) is 6.42 Å². The molecule has 0 aromatic carbocycles. The number of carboxylic acids is 1. The van der Waals surface area contributed by atoms with E-state index in [9.17, 15) is 52.1 Å². The van der Waals surface area contributed by atoms with Crippen molar-refractivity contribution in [3.05, 3.63) is 11.8 Å². The van der Waals surface area contributed by atoms with Crippen LogP contribution in [-0.4, -0.2) is 67.3 Å². The van der Waals surface area contributed by atoms with E-state index in [1.54, 1.807) is 28.2 Å². The van der Waals surface area contributed by atoms with Crippen molar-refractivity contribution in [1.82, 2.24) is 4.90 Å². The molecule has 28 heavy (non-hydrogen) atoms. The number of hydrogen-bond acceptors (Lipinski definition) is 2. The summed E-state index contributed by atoms with van der Waals surface area (Å²) in [5.41, 5.74) is -0.664. The molecule has 0 aromatic rings. The quantitative estimate of drug-likeness (QED) is 0.300. The Bertz CT molecular complexity index is 511. The smallest absolute Gasteiger partial charge is 0.399 e. The topological polar surface area (TPSA) is 43.5 Å². The van der Waals surface area contributed by atoms with Crippen LogP contribution in [0.5, 0.6) is 0 Å². The zero-order chi connectivity index (χ0) is 22.9. The Hall–Kier alpha value is -1.73. The second-order valence-electron chi connectivity index (χ2n) is 4.96. The fraction of sp³-hybridized carbons (Fsp3) is 0.636. The van der Waals surface area contributed by atoms with Gasteiger partial charge in [-0.15, -0.1) is 0 Å². The van der Waals surface area contributed by atoms with E-state index in [1.165, 1.54) is 9.48 Å². The number of aliphatic carboxylic acids is 1. The summed E-state index contributed by atoms with van der Waals surface area (Å²) in [6.45, 7) is 0. The van der Waals surface area contributed by atoms with Gasteiger partial charge in [0, 0.05) is 20.3 Å². The van der Waals surface area contributed by atoms with Crippen LogP contribution in [0.2, 0.25) is 0 Å². The van der Waals surface area contributed by atoms with Crippen LogP contribution in [0.15, 0.2) is 11.8 Å². The average molecular weight is 468 g/mol. The van der Waals surface area contributed by atoms with Crippen molar-refractivity contribution in [3.63, 3.8) is 0 Å². The molecular formula is C11H17F12N2O2P. The molecule has 0 aliphatic heterocycles. The molecule has 4 nitrogen and oxygen atoms in total. The van der Waals surface area contributed by atoms with Crippen LogP contribution in [0.4, 0.5) is 47.3 Å². The molecule has 172 valence electrons. The van der Waals surface area contributed by atoms with Gasteiger partial charge in [0.05, 0.1) is 0 Å². The minimum atomic E-state index is -8.55. The molecule has 0 radical (unpaired) electrons. The van der Waals surface area contributed by atoms with E-state index in [1.807, 2.05) is 0 Å². The predicted molar refractivity (Wildman–Crippen MR) is 76.8 cm³/mol. The van der Waals surface area contributed by atoms with Crippen molar-refractivity contribution in [2.75, 3.05) is 28.2 Å². The van der Waals surface area contributed by atoms with Gasteiger partial charge >= 0.3 is 47.5 Å². The molecule has 0 rings (SSSR count). The molecule has 0 amide bonds. The Balaban J connectivity index is -0.000000165. The van der Waals surface area contributed by atoms with Gasteiger partial charge < -0.3 is 14.7 Å². The van der Waals surface area contributed by atoms with Crippen molar-refractivity contribution in [3.8, 4) is 0 Å². The normalized spacial score (nSPS) is 13.2. The molecule has 0 bridgehead atoms. The molecule has 0 aliphatic rings. The second kappa shape index (κ2) is 12.0. The molecule has 0 aliphatic carbocycles. The third-order valence-electron chi connectivity index (χ3n) is 1.47. The molecule has 0 saturated heterocycles. The van der Waals surface area contributed by atoms with Crippen molar-refractivity contribution in [2.24, 2.45) is 0 Å². The maximum atomic E-state index is 12.3. The third-order valence-corrected chi connectivity index (χ3v) is 1.47. The zero-order valence-corrected chi connectivity index (χ0v) is 15.5. The van der Waals surface area contributed by atoms with Gasteiger partial charge in [0.15, 0.2) is 6.21 Å². The summed E-state index contributed by atoms with van der Waals surface area (Å²) in [5.74, 6) is -1.85. The molecular weight excluding hydrogens is 451 g/mol. The number of hydrogen-bond donors (Lipinski definition) is 1. The third kappa shape index (κ3) is 44.1. The molecule has 0 heterocycles. The molecule has 0 aromatic heterocycles. The fourth-order valence-electron chi connectivity index (χ4n) is 0.908. The number of rotatable bonds is 3. The van der Waals surface area contributed by atoms with Gasteiger partial charge in [-0.25, -0.2) is 4.58 Å². The van der Waals surface area contributed by atoms with E-state index in [0.29, 0.717) is 0 Å². The van der Waals surface area contributed by atoms with Crippen molar-refractivity contribution in [2.45, 2.75) is 18.8 Å². The summed E-state index contributed by atoms with van der Waals surface area (Å²) in [5, 5.41) is 7.53. The van der Waals surface area contributed by atoms with E-state index in [4.69, 9.17) is 5.11 Å². The maximum absolute atomic E-state index is 12.3. The molecule has 17 heteroatoms. The van der Waals surface area contributed by atoms with E-state index >= 15 is 0 Å². The summed E-state index contributed by atoms with van der Waals surface area (Å²) in [6, 6.07) is 0. The first kappa shape index (κ1) is 33.8. The van der Waals surface area contributed by atoms with Crippen LogP contribution < -0.4 is 4.70 Å². The molecule has 0 atom stereocenters. The molecule has 0 fully saturated rings. The zero-order valence-electron chi connectivity index (χ0n) is 14.6. The largest absolute Gasteiger partial charge is 1.00 e. The number of halogens is 12.